The number of nitrogens with two attached hydrogens (primary N) is 1. The third-order valence-corrected chi connectivity index (χ3v) is 3.68. The third kappa shape index (κ3) is 3.87. The van der Waals surface area contributed by atoms with Gasteiger partial charge in [-0.2, -0.15) is 0 Å². The highest BCUT2D eigenvalue weighted by Crippen LogP contribution is 2.22. The van der Waals surface area contributed by atoms with Crippen LogP contribution in [0.25, 0.3) is 0 Å². The first-order valence-electron chi connectivity index (χ1n) is 7.19. The molecule has 0 amide bonds. The maximum Gasteiger partial charge on any atom is 0.210 e. The minimum absolute atomic E-state index is 0.377. The van der Waals surface area contributed by atoms with Crippen LogP contribution in [0.1, 0.15) is 37.7 Å². The summed E-state index contributed by atoms with van der Waals surface area (Å²) in [5, 5.41) is 3.23. The molecule has 0 atom stereocenters. The molecule has 1 aliphatic carbocycles. The molecule has 20 heavy (non-hydrogen) atoms. The van der Waals surface area contributed by atoms with Crippen molar-refractivity contribution >= 4 is 11.6 Å². The summed E-state index contributed by atoms with van der Waals surface area (Å²) in [6, 6.07) is 6.29. The number of nitrogens with zero attached hydrogens (tertiary/aromatic N) is 1. The quantitative estimate of drug-likeness (QED) is 0.343. The molecule has 0 aromatic heterocycles. The Hall–Kier alpha value is -1.75. The zero-order valence-electron chi connectivity index (χ0n) is 12.3. The van der Waals surface area contributed by atoms with Gasteiger partial charge >= 0.3 is 0 Å². The lowest BCUT2D eigenvalue weighted by atomic mass is 9.96. The van der Waals surface area contributed by atoms with Crippen LogP contribution in [0.3, 0.4) is 0 Å². The Labute approximate surface area is 120 Å². The van der Waals surface area contributed by atoms with Gasteiger partial charge in [-0.05, 0) is 43.5 Å². The normalized spacial score (nSPS) is 16.9. The monoisotopic (exact) mass is 276 g/mol. The van der Waals surface area contributed by atoms with Crippen molar-refractivity contribution in [3.05, 3.63) is 23.8 Å². The topological polar surface area (TPSA) is 71.7 Å². The van der Waals surface area contributed by atoms with Crippen molar-refractivity contribution < 1.29 is 4.74 Å². The standard InChI is InChI=1S/C15H24N4O/c1-11-10-13(8-9-14(11)20-2)18-15(19-16)17-12-6-4-3-5-7-12/h8-10,12H,3-7,16H2,1-2H3,(H2,17,18,19). The Morgan fingerprint density at radius 1 is 1.30 bits per heavy atom. The van der Waals surface area contributed by atoms with Gasteiger partial charge in [-0.1, -0.05) is 19.3 Å². The van der Waals surface area contributed by atoms with Gasteiger partial charge in [0.15, 0.2) is 0 Å². The Balaban J connectivity index is 2.05. The molecule has 110 valence electrons. The van der Waals surface area contributed by atoms with E-state index >= 15 is 0 Å². The van der Waals surface area contributed by atoms with Gasteiger partial charge in [0.25, 0.3) is 0 Å². The zero-order valence-corrected chi connectivity index (χ0v) is 12.3. The fraction of sp³-hybridized carbons (Fsp3) is 0.533. The van der Waals surface area contributed by atoms with E-state index < -0.39 is 0 Å². The van der Waals surface area contributed by atoms with Crippen LogP contribution < -0.4 is 21.3 Å². The minimum atomic E-state index is 0.377. The summed E-state index contributed by atoms with van der Waals surface area (Å²) in [5.41, 5.74) is 4.68. The van der Waals surface area contributed by atoms with Crippen molar-refractivity contribution in [1.82, 2.24) is 5.43 Å². The first-order valence-corrected chi connectivity index (χ1v) is 7.19. The van der Waals surface area contributed by atoms with Gasteiger partial charge in [-0.25, -0.2) is 10.8 Å². The van der Waals surface area contributed by atoms with Crippen molar-refractivity contribution in [2.45, 2.75) is 45.1 Å². The van der Waals surface area contributed by atoms with Gasteiger partial charge in [-0.3, -0.25) is 5.43 Å². The lowest BCUT2D eigenvalue weighted by molar-refractivity contribution is 0.412. The summed E-state index contributed by atoms with van der Waals surface area (Å²) in [6.07, 6.45) is 6.13. The largest absolute Gasteiger partial charge is 0.496 e. The summed E-state index contributed by atoms with van der Waals surface area (Å²) >= 11 is 0. The first kappa shape index (κ1) is 14.7. The van der Waals surface area contributed by atoms with E-state index in [9.17, 15) is 0 Å². The van der Waals surface area contributed by atoms with Crippen LogP contribution in [-0.2, 0) is 0 Å². The molecule has 5 nitrogen and oxygen atoms in total. The lowest BCUT2D eigenvalue weighted by Crippen LogP contribution is -2.37. The summed E-state index contributed by atoms with van der Waals surface area (Å²) in [6.45, 7) is 2.01. The molecule has 1 aromatic rings. The highest BCUT2D eigenvalue weighted by molar-refractivity contribution is 5.93. The molecule has 4 N–H and O–H groups in total. The van der Waals surface area contributed by atoms with E-state index in [1.54, 1.807) is 7.11 Å². The number of hydrazine groups is 1. The molecule has 1 saturated carbocycles. The number of nitrogens with one attached hydrogen (secondary N) is 2. The number of benzene rings is 1. The SMILES string of the molecule is COc1ccc(NC(=NC2CCCCC2)NN)cc1C. The van der Waals surface area contributed by atoms with Crippen LogP contribution in [0, 0.1) is 6.92 Å². The van der Waals surface area contributed by atoms with E-state index in [0.29, 0.717) is 12.0 Å². The molecule has 1 aliphatic rings. The van der Waals surface area contributed by atoms with Gasteiger partial charge in [0, 0.05) is 5.69 Å². The van der Waals surface area contributed by atoms with Crippen LogP contribution in [0.2, 0.25) is 0 Å². The van der Waals surface area contributed by atoms with Crippen LogP contribution >= 0.6 is 0 Å². The second-order valence-corrected chi connectivity index (χ2v) is 5.22. The number of rotatable bonds is 3. The van der Waals surface area contributed by atoms with Crippen LogP contribution in [0.4, 0.5) is 5.69 Å². The van der Waals surface area contributed by atoms with Gasteiger partial charge in [0.1, 0.15) is 5.75 Å². The van der Waals surface area contributed by atoms with Crippen molar-refractivity contribution in [1.29, 1.82) is 0 Å². The maximum absolute atomic E-state index is 5.56. The summed E-state index contributed by atoms with van der Waals surface area (Å²) in [5.74, 6) is 7.07. The smallest absolute Gasteiger partial charge is 0.210 e. The second-order valence-electron chi connectivity index (χ2n) is 5.22. The molecule has 0 radical (unpaired) electrons. The number of guanidine groups is 1. The Kier molecular flexibility index (Phi) is 5.24. The Morgan fingerprint density at radius 2 is 2.05 bits per heavy atom. The number of aliphatic imine (C=N–C) groups is 1. The maximum atomic E-state index is 5.56. The predicted octanol–water partition coefficient (Wildman–Crippen LogP) is 2.57. The van der Waals surface area contributed by atoms with E-state index in [-0.39, 0.29) is 0 Å². The van der Waals surface area contributed by atoms with Gasteiger partial charge in [0.05, 0.1) is 13.2 Å². The molecule has 0 aliphatic heterocycles. The van der Waals surface area contributed by atoms with Crippen molar-refractivity contribution in [2.75, 3.05) is 12.4 Å². The predicted molar refractivity (Wildman–Crippen MR) is 83.0 cm³/mol. The average Bonchev–Trinajstić information content (AvgIpc) is 2.48. The summed E-state index contributed by atoms with van der Waals surface area (Å²) in [4.78, 5) is 4.66. The molecule has 0 unspecified atom stereocenters. The minimum Gasteiger partial charge on any atom is -0.496 e. The van der Waals surface area contributed by atoms with E-state index in [1.165, 1.54) is 19.3 Å². The van der Waals surface area contributed by atoms with E-state index in [2.05, 4.69) is 15.7 Å². The molecule has 2 rings (SSSR count). The van der Waals surface area contributed by atoms with E-state index in [4.69, 9.17) is 10.6 Å². The molecule has 0 saturated heterocycles. The van der Waals surface area contributed by atoms with Gasteiger partial charge < -0.3 is 10.1 Å². The van der Waals surface area contributed by atoms with Crippen molar-refractivity contribution in [3.63, 3.8) is 0 Å². The number of hydrogen-bond donors (Lipinski definition) is 3. The summed E-state index contributed by atoms with van der Waals surface area (Å²) < 4.78 is 5.25. The molecular weight excluding hydrogens is 252 g/mol. The number of hydrogen-bond acceptors (Lipinski definition) is 3. The first-order chi connectivity index (χ1) is 9.72. The van der Waals surface area contributed by atoms with E-state index in [0.717, 1.165) is 29.8 Å². The highest BCUT2D eigenvalue weighted by Gasteiger charge is 2.13. The van der Waals surface area contributed by atoms with Crippen molar-refractivity contribution in [3.8, 4) is 5.75 Å². The van der Waals surface area contributed by atoms with Gasteiger partial charge in [-0.15, -0.1) is 0 Å². The molecule has 1 fully saturated rings. The van der Waals surface area contributed by atoms with Crippen LogP contribution in [0.15, 0.2) is 23.2 Å². The Bertz CT molecular complexity index is 467. The lowest BCUT2D eigenvalue weighted by Gasteiger charge is -2.19. The molecule has 5 heteroatoms. The second kappa shape index (κ2) is 7.14. The molecule has 1 aromatic carbocycles. The molecule has 0 heterocycles. The number of methoxy groups -OCH3 is 1. The fourth-order valence-corrected chi connectivity index (χ4v) is 2.59. The van der Waals surface area contributed by atoms with E-state index in [1.807, 2.05) is 25.1 Å². The molecule has 0 spiro atoms. The molecular formula is C15H24N4O. The van der Waals surface area contributed by atoms with Gasteiger partial charge in [0.2, 0.25) is 5.96 Å². The van der Waals surface area contributed by atoms with Crippen LogP contribution in [0.5, 0.6) is 5.75 Å². The number of ether oxygens (including phenoxy) is 1. The van der Waals surface area contributed by atoms with Crippen molar-refractivity contribution in [2.24, 2.45) is 10.8 Å². The summed E-state index contributed by atoms with van der Waals surface area (Å²) in [7, 11) is 1.67. The molecule has 0 bridgehead atoms. The van der Waals surface area contributed by atoms with Crippen LogP contribution in [-0.4, -0.2) is 19.1 Å². The third-order valence-electron chi connectivity index (χ3n) is 3.68. The highest BCUT2D eigenvalue weighted by atomic mass is 16.5. The Morgan fingerprint density at radius 3 is 2.65 bits per heavy atom. The number of anilines is 1. The zero-order chi connectivity index (χ0) is 14.4. The number of aryl methyl sites for hydroxylation is 1. The fourth-order valence-electron chi connectivity index (χ4n) is 2.59. The average molecular weight is 276 g/mol.